The lowest BCUT2D eigenvalue weighted by molar-refractivity contribution is -0.136. The zero-order valence-corrected chi connectivity index (χ0v) is 15.1. The summed E-state index contributed by atoms with van der Waals surface area (Å²) in [5.74, 6) is 1.36. The van der Waals surface area contributed by atoms with Gasteiger partial charge in [-0.15, -0.1) is 0 Å². The first kappa shape index (κ1) is 17.6. The molecule has 0 aliphatic heterocycles. The van der Waals surface area contributed by atoms with E-state index >= 15 is 0 Å². The summed E-state index contributed by atoms with van der Waals surface area (Å²) in [5, 5.41) is 0. The fourth-order valence-electron chi connectivity index (χ4n) is 2.71. The van der Waals surface area contributed by atoms with Crippen molar-refractivity contribution in [3.63, 3.8) is 0 Å². The van der Waals surface area contributed by atoms with Crippen molar-refractivity contribution >= 4 is 17.1 Å². The van der Waals surface area contributed by atoms with Crippen molar-refractivity contribution in [2.75, 3.05) is 13.7 Å². The molecule has 0 atom stereocenters. The fourth-order valence-corrected chi connectivity index (χ4v) is 2.71. The number of hydrogen-bond acceptors (Lipinski definition) is 6. The summed E-state index contributed by atoms with van der Waals surface area (Å²) in [7, 11) is 1.54. The molecule has 28 heavy (non-hydrogen) atoms. The number of esters is 1. The third-order valence-electron chi connectivity index (χ3n) is 4.03. The normalized spacial score (nSPS) is 10.6. The molecule has 0 unspecified atom stereocenters. The standard InChI is InChI=1S/C22H17NO5/c1-25-18-9-5-6-10-19(18)26-14-21(24)27-16-11-12-17-20(13-16)28-22(23-17)15-7-3-2-4-8-15/h2-13H,14H2,1H3. The van der Waals surface area contributed by atoms with Crippen LogP contribution in [0.5, 0.6) is 17.2 Å². The Kier molecular flexibility index (Phi) is 4.93. The van der Waals surface area contributed by atoms with Crippen LogP contribution in [-0.2, 0) is 4.79 Å². The molecule has 0 saturated heterocycles. The van der Waals surface area contributed by atoms with Gasteiger partial charge in [0.2, 0.25) is 5.89 Å². The summed E-state index contributed by atoms with van der Waals surface area (Å²) in [6.07, 6.45) is 0. The Labute approximate surface area is 161 Å². The average molecular weight is 375 g/mol. The minimum Gasteiger partial charge on any atom is -0.493 e. The third-order valence-corrected chi connectivity index (χ3v) is 4.03. The Morgan fingerprint density at radius 2 is 1.71 bits per heavy atom. The number of methoxy groups -OCH3 is 1. The van der Waals surface area contributed by atoms with E-state index in [4.69, 9.17) is 18.6 Å². The molecular formula is C22H17NO5. The molecule has 4 aromatic rings. The van der Waals surface area contributed by atoms with Gasteiger partial charge in [-0.2, -0.15) is 0 Å². The molecule has 0 saturated carbocycles. The van der Waals surface area contributed by atoms with Crippen LogP contribution in [0, 0.1) is 0 Å². The second-order valence-electron chi connectivity index (χ2n) is 5.93. The van der Waals surface area contributed by atoms with Gasteiger partial charge < -0.3 is 18.6 Å². The molecule has 0 spiro atoms. The molecule has 1 heterocycles. The van der Waals surface area contributed by atoms with Crippen molar-refractivity contribution < 1.29 is 23.4 Å². The lowest BCUT2D eigenvalue weighted by atomic mass is 10.2. The summed E-state index contributed by atoms with van der Waals surface area (Å²) < 4.78 is 21.8. The van der Waals surface area contributed by atoms with Crippen molar-refractivity contribution in [2.45, 2.75) is 0 Å². The maximum absolute atomic E-state index is 12.1. The predicted octanol–water partition coefficient (Wildman–Crippen LogP) is 4.49. The summed E-state index contributed by atoms with van der Waals surface area (Å²) >= 11 is 0. The number of carbonyl (C=O) groups excluding carboxylic acids is 1. The Morgan fingerprint density at radius 3 is 2.50 bits per heavy atom. The number of para-hydroxylation sites is 2. The maximum Gasteiger partial charge on any atom is 0.349 e. The van der Waals surface area contributed by atoms with Crippen molar-refractivity contribution in [3.8, 4) is 28.7 Å². The number of nitrogens with zero attached hydrogens (tertiary/aromatic N) is 1. The third kappa shape index (κ3) is 3.81. The van der Waals surface area contributed by atoms with E-state index in [0.29, 0.717) is 34.2 Å². The van der Waals surface area contributed by atoms with Crippen LogP contribution in [0.4, 0.5) is 0 Å². The first-order chi connectivity index (χ1) is 13.7. The molecule has 4 rings (SSSR count). The van der Waals surface area contributed by atoms with E-state index in [0.717, 1.165) is 5.56 Å². The number of aromatic nitrogens is 1. The SMILES string of the molecule is COc1ccccc1OCC(=O)Oc1ccc2nc(-c3ccccc3)oc2c1. The van der Waals surface area contributed by atoms with Crippen molar-refractivity contribution in [3.05, 3.63) is 72.8 Å². The molecule has 0 aliphatic rings. The van der Waals surface area contributed by atoms with Crippen LogP contribution in [0.2, 0.25) is 0 Å². The van der Waals surface area contributed by atoms with Gasteiger partial charge in [0.1, 0.15) is 11.3 Å². The van der Waals surface area contributed by atoms with Gasteiger partial charge in [-0.25, -0.2) is 9.78 Å². The molecule has 6 heteroatoms. The monoisotopic (exact) mass is 375 g/mol. The zero-order valence-electron chi connectivity index (χ0n) is 15.1. The Morgan fingerprint density at radius 1 is 0.964 bits per heavy atom. The molecule has 6 nitrogen and oxygen atoms in total. The van der Waals surface area contributed by atoms with Crippen LogP contribution in [0.15, 0.2) is 77.2 Å². The van der Waals surface area contributed by atoms with Gasteiger partial charge in [-0.1, -0.05) is 30.3 Å². The van der Waals surface area contributed by atoms with Crippen molar-refractivity contribution in [1.29, 1.82) is 0 Å². The maximum atomic E-state index is 12.1. The van der Waals surface area contributed by atoms with Crippen LogP contribution in [0.1, 0.15) is 0 Å². The highest BCUT2D eigenvalue weighted by Gasteiger charge is 2.12. The molecule has 0 fully saturated rings. The van der Waals surface area contributed by atoms with Crippen LogP contribution in [-0.4, -0.2) is 24.7 Å². The molecule has 0 radical (unpaired) electrons. The molecular weight excluding hydrogens is 358 g/mol. The highest BCUT2D eigenvalue weighted by atomic mass is 16.6. The number of ether oxygens (including phenoxy) is 3. The fraction of sp³-hybridized carbons (Fsp3) is 0.0909. The van der Waals surface area contributed by atoms with E-state index < -0.39 is 5.97 Å². The summed E-state index contributed by atoms with van der Waals surface area (Å²) in [6, 6.07) is 21.7. The van der Waals surface area contributed by atoms with E-state index in [-0.39, 0.29) is 6.61 Å². The minimum atomic E-state index is -0.534. The number of rotatable bonds is 6. The molecule has 0 amide bonds. The molecule has 3 aromatic carbocycles. The highest BCUT2D eigenvalue weighted by Crippen LogP contribution is 2.28. The average Bonchev–Trinajstić information content (AvgIpc) is 3.16. The first-order valence-electron chi connectivity index (χ1n) is 8.65. The lowest BCUT2D eigenvalue weighted by Crippen LogP contribution is -2.17. The first-order valence-corrected chi connectivity index (χ1v) is 8.65. The van der Waals surface area contributed by atoms with Gasteiger partial charge in [-0.3, -0.25) is 0 Å². The number of fused-ring (bicyclic) bond motifs is 1. The smallest absolute Gasteiger partial charge is 0.349 e. The van der Waals surface area contributed by atoms with E-state index in [1.165, 1.54) is 7.11 Å². The molecule has 0 aliphatic carbocycles. The van der Waals surface area contributed by atoms with E-state index in [1.807, 2.05) is 36.4 Å². The van der Waals surface area contributed by atoms with Crippen LogP contribution in [0.25, 0.3) is 22.6 Å². The van der Waals surface area contributed by atoms with Gasteiger partial charge >= 0.3 is 5.97 Å². The van der Waals surface area contributed by atoms with Crippen molar-refractivity contribution in [2.24, 2.45) is 0 Å². The van der Waals surface area contributed by atoms with E-state index in [1.54, 1.807) is 36.4 Å². The molecule has 1 aromatic heterocycles. The highest BCUT2D eigenvalue weighted by molar-refractivity contribution is 5.80. The second kappa shape index (κ2) is 7.84. The van der Waals surface area contributed by atoms with Crippen LogP contribution < -0.4 is 14.2 Å². The van der Waals surface area contributed by atoms with Gasteiger partial charge in [0.25, 0.3) is 0 Å². The predicted molar refractivity (Wildman–Crippen MR) is 104 cm³/mol. The van der Waals surface area contributed by atoms with Gasteiger partial charge in [-0.05, 0) is 36.4 Å². The van der Waals surface area contributed by atoms with E-state index in [9.17, 15) is 4.79 Å². The number of benzene rings is 3. The number of hydrogen-bond donors (Lipinski definition) is 0. The minimum absolute atomic E-state index is 0.246. The van der Waals surface area contributed by atoms with Crippen LogP contribution >= 0.6 is 0 Å². The zero-order chi connectivity index (χ0) is 19.3. The topological polar surface area (TPSA) is 70.8 Å². The largest absolute Gasteiger partial charge is 0.493 e. The van der Waals surface area contributed by atoms with E-state index in [2.05, 4.69) is 4.98 Å². The Hall–Kier alpha value is -3.80. The van der Waals surface area contributed by atoms with Crippen molar-refractivity contribution in [1.82, 2.24) is 4.98 Å². The van der Waals surface area contributed by atoms with Gasteiger partial charge in [0.05, 0.1) is 7.11 Å². The summed E-state index contributed by atoms with van der Waals surface area (Å²) in [5.41, 5.74) is 2.10. The summed E-state index contributed by atoms with van der Waals surface area (Å²) in [6.45, 7) is -0.246. The lowest BCUT2D eigenvalue weighted by Gasteiger charge is -2.09. The van der Waals surface area contributed by atoms with Gasteiger partial charge in [0.15, 0.2) is 23.7 Å². The Bertz CT molecular complexity index is 1100. The number of carbonyl (C=O) groups is 1. The summed E-state index contributed by atoms with van der Waals surface area (Å²) in [4.78, 5) is 16.6. The van der Waals surface area contributed by atoms with Crippen LogP contribution in [0.3, 0.4) is 0 Å². The molecule has 140 valence electrons. The second-order valence-corrected chi connectivity index (χ2v) is 5.93. The quantitative estimate of drug-likeness (QED) is 0.365. The number of oxazole rings is 1. The van der Waals surface area contributed by atoms with Gasteiger partial charge in [0, 0.05) is 11.6 Å². The molecule has 0 N–H and O–H groups in total. The Balaban J connectivity index is 1.45. The molecule has 0 bridgehead atoms.